The van der Waals surface area contributed by atoms with Crippen LogP contribution in [0, 0.1) is 9.39 Å². The van der Waals surface area contributed by atoms with Crippen molar-refractivity contribution in [2.45, 2.75) is 18.9 Å². The van der Waals surface area contributed by atoms with Crippen LogP contribution in [0.2, 0.25) is 0 Å². The van der Waals surface area contributed by atoms with E-state index < -0.39 is 5.82 Å². The van der Waals surface area contributed by atoms with Gasteiger partial charge in [0.05, 0.1) is 23.0 Å². The van der Waals surface area contributed by atoms with Crippen molar-refractivity contribution in [2.75, 3.05) is 23.3 Å². The third-order valence-electron chi connectivity index (χ3n) is 4.13. The van der Waals surface area contributed by atoms with E-state index in [-0.39, 0.29) is 12.0 Å². The summed E-state index contributed by atoms with van der Waals surface area (Å²) in [7, 11) is 0. The molecule has 6 heteroatoms. The topological polar surface area (TPSA) is 52.6 Å². The Morgan fingerprint density at radius 2 is 1.92 bits per heavy atom. The number of hydrogen-bond donors (Lipinski definition) is 2. The first kappa shape index (κ1) is 17.2. The lowest BCUT2D eigenvalue weighted by Crippen LogP contribution is -2.36. The van der Waals surface area contributed by atoms with Gasteiger partial charge in [0.2, 0.25) is 0 Å². The number of piperidine rings is 1. The van der Waals surface area contributed by atoms with Crippen molar-refractivity contribution in [3.8, 4) is 0 Å². The van der Waals surface area contributed by atoms with Crippen molar-refractivity contribution in [1.82, 2.24) is 0 Å². The molecule has 1 amide bonds. The van der Waals surface area contributed by atoms with Crippen LogP contribution in [0.15, 0.2) is 42.5 Å². The molecule has 1 fully saturated rings. The number of carbonyl (C=O) groups is 1. The highest BCUT2D eigenvalue weighted by atomic mass is 127. The molecule has 0 spiro atoms. The van der Waals surface area contributed by atoms with Crippen molar-refractivity contribution < 1.29 is 14.3 Å². The molecule has 0 saturated carbocycles. The van der Waals surface area contributed by atoms with Gasteiger partial charge in [0.15, 0.2) is 0 Å². The van der Waals surface area contributed by atoms with E-state index in [9.17, 15) is 14.3 Å². The second kappa shape index (κ2) is 7.48. The summed E-state index contributed by atoms with van der Waals surface area (Å²) < 4.78 is 14.1. The molecule has 4 nitrogen and oxygen atoms in total. The number of hydrogen-bond acceptors (Lipinski definition) is 3. The molecular formula is C18H18FIN2O2. The van der Waals surface area contributed by atoms with Crippen LogP contribution in [0.4, 0.5) is 15.8 Å². The summed E-state index contributed by atoms with van der Waals surface area (Å²) in [6, 6.07) is 11.7. The van der Waals surface area contributed by atoms with Gasteiger partial charge in [-0.2, -0.15) is 0 Å². The summed E-state index contributed by atoms with van der Waals surface area (Å²) in [5, 5.41) is 12.5. The zero-order valence-electron chi connectivity index (χ0n) is 13.0. The molecule has 24 heavy (non-hydrogen) atoms. The minimum Gasteiger partial charge on any atom is -0.393 e. The maximum absolute atomic E-state index is 13.4. The van der Waals surface area contributed by atoms with Crippen molar-refractivity contribution in [3.05, 3.63) is 57.4 Å². The van der Waals surface area contributed by atoms with Crippen molar-refractivity contribution in [1.29, 1.82) is 0 Å². The van der Waals surface area contributed by atoms with E-state index in [1.165, 1.54) is 12.1 Å². The van der Waals surface area contributed by atoms with Gasteiger partial charge in [-0.3, -0.25) is 4.79 Å². The highest BCUT2D eigenvalue weighted by Crippen LogP contribution is 2.29. The first-order valence-electron chi connectivity index (χ1n) is 7.83. The number of para-hydroxylation sites is 2. The maximum atomic E-state index is 13.4. The second-order valence-corrected chi connectivity index (χ2v) is 6.98. The fourth-order valence-electron chi connectivity index (χ4n) is 2.82. The normalized spacial score (nSPS) is 15.4. The van der Waals surface area contributed by atoms with Crippen LogP contribution in [-0.2, 0) is 0 Å². The minimum absolute atomic E-state index is 0.253. The van der Waals surface area contributed by atoms with Gasteiger partial charge in [0.25, 0.3) is 5.91 Å². The molecule has 3 rings (SSSR count). The highest BCUT2D eigenvalue weighted by molar-refractivity contribution is 14.1. The fraction of sp³-hybridized carbons (Fsp3) is 0.278. The zero-order chi connectivity index (χ0) is 17.1. The zero-order valence-corrected chi connectivity index (χ0v) is 15.2. The molecule has 0 unspecified atom stereocenters. The van der Waals surface area contributed by atoms with E-state index in [1.54, 1.807) is 6.07 Å². The van der Waals surface area contributed by atoms with E-state index in [2.05, 4.69) is 10.2 Å². The molecule has 0 atom stereocenters. The summed E-state index contributed by atoms with van der Waals surface area (Å²) in [6.45, 7) is 1.48. The molecule has 2 aromatic carbocycles. The molecule has 0 aromatic heterocycles. The molecule has 1 aliphatic heterocycles. The monoisotopic (exact) mass is 440 g/mol. The van der Waals surface area contributed by atoms with Gasteiger partial charge in [-0.25, -0.2) is 4.39 Å². The van der Waals surface area contributed by atoms with E-state index in [1.807, 2.05) is 46.9 Å². The molecule has 1 saturated heterocycles. The van der Waals surface area contributed by atoms with Crippen LogP contribution in [0.3, 0.4) is 0 Å². The predicted molar refractivity (Wildman–Crippen MR) is 101 cm³/mol. The average Bonchev–Trinajstić information content (AvgIpc) is 2.58. The highest BCUT2D eigenvalue weighted by Gasteiger charge is 2.20. The van der Waals surface area contributed by atoms with E-state index in [0.29, 0.717) is 27.7 Å². The van der Waals surface area contributed by atoms with Gasteiger partial charge in [-0.15, -0.1) is 0 Å². The molecule has 2 N–H and O–H groups in total. The Kier molecular flexibility index (Phi) is 5.35. The lowest BCUT2D eigenvalue weighted by molar-refractivity contribution is 0.102. The summed E-state index contributed by atoms with van der Waals surface area (Å²) in [4.78, 5) is 14.7. The Bertz CT molecular complexity index is 746. The van der Waals surface area contributed by atoms with E-state index in [0.717, 1.165) is 18.8 Å². The van der Waals surface area contributed by atoms with Crippen LogP contribution >= 0.6 is 22.6 Å². The van der Waals surface area contributed by atoms with Gasteiger partial charge in [-0.1, -0.05) is 12.1 Å². The molecule has 126 valence electrons. The molecule has 1 aliphatic rings. The second-order valence-electron chi connectivity index (χ2n) is 5.81. The number of carbonyl (C=O) groups excluding carboxylic acids is 1. The Labute approximate surface area is 153 Å². The van der Waals surface area contributed by atoms with Crippen LogP contribution in [0.25, 0.3) is 0 Å². The Balaban J connectivity index is 1.82. The fourth-order valence-corrected chi connectivity index (χ4v) is 3.40. The van der Waals surface area contributed by atoms with E-state index >= 15 is 0 Å². The quantitative estimate of drug-likeness (QED) is 0.717. The summed E-state index contributed by atoms with van der Waals surface area (Å²) in [5.41, 5.74) is 1.93. The summed E-state index contributed by atoms with van der Waals surface area (Å²) >= 11 is 2.02. The van der Waals surface area contributed by atoms with Gasteiger partial charge in [0, 0.05) is 16.7 Å². The Morgan fingerprint density at radius 3 is 2.67 bits per heavy atom. The van der Waals surface area contributed by atoms with Gasteiger partial charge < -0.3 is 15.3 Å². The van der Waals surface area contributed by atoms with Crippen LogP contribution < -0.4 is 10.2 Å². The first-order chi connectivity index (χ1) is 11.5. The number of benzene rings is 2. The number of amides is 1. The largest absolute Gasteiger partial charge is 0.393 e. The Morgan fingerprint density at radius 1 is 1.21 bits per heavy atom. The molecule has 0 bridgehead atoms. The number of rotatable bonds is 3. The number of anilines is 2. The number of aliphatic hydroxyl groups is 1. The number of halogens is 2. The smallest absolute Gasteiger partial charge is 0.256 e. The number of aliphatic hydroxyl groups excluding tert-OH is 1. The average molecular weight is 440 g/mol. The molecule has 2 aromatic rings. The van der Waals surface area contributed by atoms with Crippen LogP contribution in [0.5, 0.6) is 0 Å². The number of nitrogens with zero attached hydrogens (tertiary/aromatic N) is 1. The third-order valence-corrected chi connectivity index (χ3v) is 5.07. The molecule has 0 radical (unpaired) electrons. The van der Waals surface area contributed by atoms with Crippen molar-refractivity contribution >= 4 is 39.9 Å². The van der Waals surface area contributed by atoms with Gasteiger partial charge in [-0.05, 0) is 65.8 Å². The predicted octanol–water partition coefficient (Wildman–Crippen LogP) is 3.64. The van der Waals surface area contributed by atoms with Crippen molar-refractivity contribution in [2.24, 2.45) is 0 Å². The molecule has 0 aliphatic carbocycles. The maximum Gasteiger partial charge on any atom is 0.256 e. The summed E-state index contributed by atoms with van der Waals surface area (Å²) in [5.74, 6) is -0.762. The lowest BCUT2D eigenvalue weighted by atomic mass is 10.1. The van der Waals surface area contributed by atoms with Crippen molar-refractivity contribution in [3.63, 3.8) is 0 Å². The molecular weight excluding hydrogens is 422 g/mol. The molecule has 1 heterocycles. The SMILES string of the molecule is O=C(Nc1ccccc1N1CCC(O)CC1)c1cc(F)ccc1I. The standard InChI is InChI=1S/C18H18FIN2O2/c19-12-5-6-15(20)14(11-12)18(24)21-16-3-1-2-4-17(16)22-9-7-13(23)8-10-22/h1-6,11,13,23H,7-10H2,(H,21,24). The van der Waals surface area contributed by atoms with E-state index in [4.69, 9.17) is 0 Å². The summed E-state index contributed by atoms with van der Waals surface area (Å²) in [6.07, 6.45) is 1.17. The lowest BCUT2D eigenvalue weighted by Gasteiger charge is -2.32. The Hall–Kier alpha value is -1.67. The van der Waals surface area contributed by atoms with Gasteiger partial charge in [0.1, 0.15) is 5.82 Å². The van der Waals surface area contributed by atoms with Gasteiger partial charge >= 0.3 is 0 Å². The first-order valence-corrected chi connectivity index (χ1v) is 8.91. The van der Waals surface area contributed by atoms with Crippen LogP contribution in [0.1, 0.15) is 23.2 Å². The third kappa shape index (κ3) is 3.87. The van der Waals surface area contributed by atoms with Crippen LogP contribution in [-0.4, -0.2) is 30.2 Å². The number of nitrogens with one attached hydrogen (secondary N) is 1. The minimum atomic E-state index is -0.432.